The van der Waals surface area contributed by atoms with Gasteiger partial charge in [0.15, 0.2) is 6.19 Å². The standard InChI is InChI=1S/C6H9N3O/c1-9-2-5(3-9)6(10)8-4-7/h5H,2-3H2,1H3,(H,8,10). The highest BCUT2D eigenvalue weighted by Gasteiger charge is 2.29. The molecule has 1 N–H and O–H groups in total. The second-order valence-electron chi connectivity index (χ2n) is 2.52. The van der Waals surface area contributed by atoms with Crippen molar-refractivity contribution in [1.82, 2.24) is 10.2 Å². The summed E-state index contributed by atoms with van der Waals surface area (Å²) < 4.78 is 0. The zero-order valence-electron chi connectivity index (χ0n) is 5.79. The van der Waals surface area contributed by atoms with Crippen molar-refractivity contribution in [3.8, 4) is 6.19 Å². The Labute approximate surface area is 59.4 Å². The predicted molar refractivity (Wildman–Crippen MR) is 34.7 cm³/mol. The van der Waals surface area contributed by atoms with Crippen molar-refractivity contribution in [2.45, 2.75) is 0 Å². The topological polar surface area (TPSA) is 56.1 Å². The molecule has 0 aromatic heterocycles. The normalized spacial score (nSPS) is 19.2. The van der Waals surface area contributed by atoms with Gasteiger partial charge in [-0.2, -0.15) is 5.26 Å². The molecule has 1 rings (SSSR count). The van der Waals surface area contributed by atoms with E-state index < -0.39 is 0 Å². The van der Waals surface area contributed by atoms with Gasteiger partial charge in [-0.05, 0) is 7.05 Å². The Bertz CT molecular complexity index is 178. The van der Waals surface area contributed by atoms with Crippen LogP contribution in [0.5, 0.6) is 0 Å². The summed E-state index contributed by atoms with van der Waals surface area (Å²) in [5.41, 5.74) is 0. The fourth-order valence-corrected chi connectivity index (χ4v) is 1.02. The Morgan fingerprint density at radius 2 is 2.40 bits per heavy atom. The molecule has 1 amide bonds. The lowest BCUT2D eigenvalue weighted by molar-refractivity contribution is -0.128. The summed E-state index contributed by atoms with van der Waals surface area (Å²) >= 11 is 0. The average molecular weight is 139 g/mol. The minimum Gasteiger partial charge on any atom is -0.305 e. The number of nitrogens with one attached hydrogen (secondary N) is 1. The van der Waals surface area contributed by atoms with Crippen LogP contribution >= 0.6 is 0 Å². The highest BCUT2D eigenvalue weighted by atomic mass is 16.2. The number of hydrogen-bond acceptors (Lipinski definition) is 3. The first-order valence-electron chi connectivity index (χ1n) is 3.11. The maximum atomic E-state index is 10.8. The lowest BCUT2D eigenvalue weighted by Gasteiger charge is -2.34. The summed E-state index contributed by atoms with van der Waals surface area (Å²) in [7, 11) is 1.94. The van der Waals surface area contributed by atoms with Crippen molar-refractivity contribution in [2.24, 2.45) is 5.92 Å². The van der Waals surface area contributed by atoms with Crippen LogP contribution in [0.1, 0.15) is 0 Å². The number of carbonyl (C=O) groups is 1. The molecule has 0 spiro atoms. The minimum atomic E-state index is -0.152. The van der Waals surface area contributed by atoms with Gasteiger partial charge in [-0.15, -0.1) is 0 Å². The maximum absolute atomic E-state index is 10.8. The molecular weight excluding hydrogens is 130 g/mol. The molecular formula is C6H9N3O. The van der Waals surface area contributed by atoms with E-state index in [1.165, 1.54) is 0 Å². The fraction of sp³-hybridized carbons (Fsp3) is 0.667. The van der Waals surface area contributed by atoms with Crippen LogP contribution in [-0.2, 0) is 4.79 Å². The van der Waals surface area contributed by atoms with Gasteiger partial charge in [-0.1, -0.05) is 0 Å². The van der Waals surface area contributed by atoms with Crippen LogP contribution < -0.4 is 5.32 Å². The summed E-state index contributed by atoms with van der Waals surface area (Å²) in [6.07, 6.45) is 1.61. The number of hydrogen-bond donors (Lipinski definition) is 1. The molecule has 0 aliphatic carbocycles. The number of rotatable bonds is 1. The molecule has 0 bridgehead atoms. The lowest BCUT2D eigenvalue weighted by Crippen LogP contribution is -2.50. The highest BCUT2D eigenvalue weighted by Crippen LogP contribution is 2.11. The molecule has 1 heterocycles. The molecule has 54 valence electrons. The number of likely N-dealkylation sites (tertiary alicyclic amines) is 1. The Hall–Kier alpha value is -1.08. The van der Waals surface area contributed by atoms with E-state index in [1.807, 2.05) is 11.9 Å². The van der Waals surface area contributed by atoms with Gasteiger partial charge < -0.3 is 4.90 Å². The van der Waals surface area contributed by atoms with Gasteiger partial charge in [0.1, 0.15) is 0 Å². The number of amides is 1. The first kappa shape index (κ1) is 7.03. The van der Waals surface area contributed by atoms with E-state index in [0.29, 0.717) is 0 Å². The van der Waals surface area contributed by atoms with Gasteiger partial charge in [-0.25, -0.2) is 0 Å². The molecule has 10 heavy (non-hydrogen) atoms. The Kier molecular flexibility index (Phi) is 1.88. The van der Waals surface area contributed by atoms with Crippen molar-refractivity contribution < 1.29 is 4.79 Å². The monoisotopic (exact) mass is 139 g/mol. The first-order chi connectivity index (χ1) is 4.74. The molecule has 0 aromatic rings. The third-order valence-corrected chi connectivity index (χ3v) is 1.61. The SMILES string of the molecule is CN1CC(C(=O)NC#N)C1. The van der Waals surface area contributed by atoms with E-state index in [9.17, 15) is 4.79 Å². The van der Waals surface area contributed by atoms with Crippen LogP contribution in [0.25, 0.3) is 0 Å². The number of nitrogens with zero attached hydrogens (tertiary/aromatic N) is 2. The molecule has 0 atom stereocenters. The van der Waals surface area contributed by atoms with Crippen molar-refractivity contribution in [2.75, 3.05) is 20.1 Å². The van der Waals surface area contributed by atoms with Crippen LogP contribution in [-0.4, -0.2) is 30.9 Å². The van der Waals surface area contributed by atoms with Gasteiger partial charge >= 0.3 is 0 Å². The summed E-state index contributed by atoms with van der Waals surface area (Å²) in [5, 5.41) is 10.2. The molecule has 1 fully saturated rings. The van der Waals surface area contributed by atoms with Gasteiger partial charge in [-0.3, -0.25) is 10.1 Å². The van der Waals surface area contributed by atoms with Crippen molar-refractivity contribution >= 4 is 5.91 Å². The van der Waals surface area contributed by atoms with E-state index in [0.717, 1.165) is 13.1 Å². The quantitative estimate of drug-likeness (QED) is 0.380. The lowest BCUT2D eigenvalue weighted by atomic mass is 10.0. The van der Waals surface area contributed by atoms with Crippen LogP contribution in [0, 0.1) is 17.4 Å². The number of nitriles is 1. The van der Waals surface area contributed by atoms with Gasteiger partial charge in [0, 0.05) is 13.1 Å². The van der Waals surface area contributed by atoms with Gasteiger partial charge in [0.05, 0.1) is 5.92 Å². The zero-order valence-corrected chi connectivity index (χ0v) is 5.79. The second-order valence-corrected chi connectivity index (χ2v) is 2.52. The van der Waals surface area contributed by atoms with Gasteiger partial charge in [0.25, 0.3) is 0 Å². The Morgan fingerprint density at radius 1 is 1.80 bits per heavy atom. The molecule has 0 unspecified atom stereocenters. The summed E-state index contributed by atoms with van der Waals surface area (Å²) in [5.74, 6) is -0.120. The van der Waals surface area contributed by atoms with Gasteiger partial charge in [0.2, 0.25) is 5.91 Å². The Morgan fingerprint density at radius 3 is 2.80 bits per heavy atom. The molecule has 1 saturated heterocycles. The van der Waals surface area contributed by atoms with Crippen molar-refractivity contribution in [3.05, 3.63) is 0 Å². The Balaban J connectivity index is 2.26. The molecule has 0 aromatic carbocycles. The predicted octanol–water partition coefficient (Wildman–Crippen LogP) is -0.855. The molecule has 1 aliphatic heterocycles. The third kappa shape index (κ3) is 1.25. The maximum Gasteiger partial charge on any atom is 0.238 e. The fourth-order valence-electron chi connectivity index (χ4n) is 1.02. The summed E-state index contributed by atoms with van der Waals surface area (Å²) in [6.45, 7) is 1.54. The molecule has 4 heteroatoms. The van der Waals surface area contributed by atoms with Crippen LogP contribution in [0.2, 0.25) is 0 Å². The smallest absolute Gasteiger partial charge is 0.238 e. The second kappa shape index (κ2) is 2.67. The minimum absolute atomic E-state index is 0.0321. The van der Waals surface area contributed by atoms with E-state index in [1.54, 1.807) is 6.19 Å². The average Bonchev–Trinajstić information content (AvgIpc) is 1.82. The summed E-state index contributed by atoms with van der Waals surface area (Å²) in [6, 6.07) is 0. The largest absolute Gasteiger partial charge is 0.305 e. The van der Waals surface area contributed by atoms with Crippen LogP contribution in [0.15, 0.2) is 0 Å². The van der Waals surface area contributed by atoms with Crippen LogP contribution in [0.4, 0.5) is 0 Å². The molecule has 4 nitrogen and oxygen atoms in total. The number of carbonyl (C=O) groups excluding carboxylic acids is 1. The zero-order chi connectivity index (χ0) is 7.56. The van der Waals surface area contributed by atoms with Crippen molar-refractivity contribution in [3.63, 3.8) is 0 Å². The summed E-state index contributed by atoms with van der Waals surface area (Å²) in [4.78, 5) is 12.8. The van der Waals surface area contributed by atoms with Crippen molar-refractivity contribution in [1.29, 1.82) is 5.26 Å². The van der Waals surface area contributed by atoms with Crippen LogP contribution in [0.3, 0.4) is 0 Å². The van der Waals surface area contributed by atoms with E-state index in [-0.39, 0.29) is 11.8 Å². The molecule has 0 saturated carbocycles. The van der Waals surface area contributed by atoms with E-state index in [4.69, 9.17) is 5.26 Å². The molecule has 1 aliphatic rings. The highest BCUT2D eigenvalue weighted by molar-refractivity contribution is 5.81. The third-order valence-electron chi connectivity index (χ3n) is 1.61. The first-order valence-corrected chi connectivity index (χ1v) is 3.11. The van der Waals surface area contributed by atoms with E-state index in [2.05, 4.69) is 5.32 Å². The van der Waals surface area contributed by atoms with E-state index >= 15 is 0 Å². The molecule has 0 radical (unpaired) electrons.